The van der Waals surface area contributed by atoms with Crippen LogP contribution in [0.1, 0.15) is 18.4 Å². The van der Waals surface area contributed by atoms with Crippen molar-refractivity contribution >= 4 is 23.5 Å². The van der Waals surface area contributed by atoms with Crippen LogP contribution in [0.5, 0.6) is 0 Å². The number of aliphatic carboxylic acids is 1. The van der Waals surface area contributed by atoms with Gasteiger partial charge in [0.2, 0.25) is 5.91 Å². The van der Waals surface area contributed by atoms with E-state index in [1.54, 1.807) is 11.0 Å². The lowest BCUT2D eigenvalue weighted by molar-refractivity contribution is -0.146. The molecule has 1 heterocycles. The van der Waals surface area contributed by atoms with E-state index in [4.69, 9.17) is 21.4 Å². The van der Waals surface area contributed by atoms with Gasteiger partial charge in [0.15, 0.2) is 0 Å². The van der Waals surface area contributed by atoms with Crippen molar-refractivity contribution in [1.29, 1.82) is 0 Å². The molecular weight excluding hydrogens is 294 g/mol. The maximum atomic E-state index is 12.2. The fourth-order valence-electron chi connectivity index (χ4n) is 2.38. The number of benzene rings is 1. The van der Waals surface area contributed by atoms with E-state index in [-0.39, 0.29) is 18.6 Å². The molecule has 5 nitrogen and oxygen atoms in total. The number of carbonyl (C=O) groups is 2. The molecule has 1 aliphatic heterocycles. The van der Waals surface area contributed by atoms with E-state index in [2.05, 4.69) is 0 Å². The molecule has 6 heteroatoms. The van der Waals surface area contributed by atoms with E-state index in [0.717, 1.165) is 5.56 Å². The zero-order valence-electron chi connectivity index (χ0n) is 11.6. The fraction of sp³-hybridized carbons (Fsp3) is 0.467. The van der Waals surface area contributed by atoms with Crippen molar-refractivity contribution in [2.24, 2.45) is 0 Å². The predicted molar refractivity (Wildman–Crippen MR) is 78.3 cm³/mol. The number of piperidine rings is 1. The molecule has 1 aromatic carbocycles. The van der Waals surface area contributed by atoms with Crippen LogP contribution in [0.4, 0.5) is 0 Å². The highest BCUT2D eigenvalue weighted by Gasteiger charge is 2.24. The Bertz CT molecular complexity index is 512. The SMILES string of the molecule is O=C(O)COC1CCN(C(=O)Cc2ccccc2Cl)CC1. The van der Waals surface area contributed by atoms with Gasteiger partial charge in [0.05, 0.1) is 12.5 Å². The van der Waals surface area contributed by atoms with Crippen LogP contribution < -0.4 is 0 Å². The summed E-state index contributed by atoms with van der Waals surface area (Å²) in [5.41, 5.74) is 0.827. The van der Waals surface area contributed by atoms with Crippen molar-refractivity contribution in [3.05, 3.63) is 34.9 Å². The van der Waals surface area contributed by atoms with Gasteiger partial charge in [-0.1, -0.05) is 29.8 Å². The highest BCUT2D eigenvalue weighted by Crippen LogP contribution is 2.19. The summed E-state index contributed by atoms with van der Waals surface area (Å²) in [5, 5.41) is 9.17. The Kier molecular flexibility index (Phi) is 5.59. The van der Waals surface area contributed by atoms with E-state index in [9.17, 15) is 9.59 Å². The Labute approximate surface area is 128 Å². The van der Waals surface area contributed by atoms with Gasteiger partial charge in [0, 0.05) is 18.1 Å². The van der Waals surface area contributed by atoms with Crippen LogP contribution >= 0.6 is 11.6 Å². The summed E-state index contributed by atoms with van der Waals surface area (Å²) < 4.78 is 5.25. The molecular formula is C15H18ClNO4. The molecule has 21 heavy (non-hydrogen) atoms. The average Bonchev–Trinajstić information content (AvgIpc) is 2.48. The molecule has 1 fully saturated rings. The van der Waals surface area contributed by atoms with Gasteiger partial charge in [0.1, 0.15) is 6.61 Å². The van der Waals surface area contributed by atoms with Crippen molar-refractivity contribution < 1.29 is 19.4 Å². The molecule has 0 aromatic heterocycles. The quantitative estimate of drug-likeness (QED) is 0.903. The summed E-state index contributed by atoms with van der Waals surface area (Å²) in [6.45, 7) is 0.902. The Hall–Kier alpha value is -1.59. The van der Waals surface area contributed by atoms with Crippen LogP contribution in [-0.2, 0) is 20.7 Å². The van der Waals surface area contributed by atoms with Crippen LogP contribution in [0.15, 0.2) is 24.3 Å². The Morgan fingerprint density at radius 3 is 2.57 bits per heavy atom. The third-order valence-electron chi connectivity index (χ3n) is 3.54. The molecule has 1 amide bonds. The molecule has 0 aliphatic carbocycles. The number of hydrogen-bond acceptors (Lipinski definition) is 3. The Balaban J connectivity index is 1.81. The van der Waals surface area contributed by atoms with Crippen molar-refractivity contribution in [3.63, 3.8) is 0 Å². The number of carboxylic acids is 1. The number of halogens is 1. The van der Waals surface area contributed by atoms with Crippen molar-refractivity contribution in [1.82, 2.24) is 4.90 Å². The van der Waals surface area contributed by atoms with Gasteiger partial charge in [-0.3, -0.25) is 4.79 Å². The van der Waals surface area contributed by atoms with E-state index in [1.807, 2.05) is 18.2 Å². The minimum absolute atomic E-state index is 0.0415. The zero-order valence-corrected chi connectivity index (χ0v) is 12.4. The standard InChI is InChI=1S/C15H18ClNO4/c16-13-4-2-1-3-11(13)9-14(18)17-7-5-12(6-8-17)21-10-15(19)20/h1-4,12H,5-10H2,(H,19,20). The lowest BCUT2D eigenvalue weighted by atomic mass is 10.1. The molecule has 1 aliphatic rings. The molecule has 2 rings (SSSR count). The van der Waals surface area contributed by atoms with Gasteiger partial charge in [-0.15, -0.1) is 0 Å². The van der Waals surface area contributed by atoms with Crippen LogP contribution in [0.2, 0.25) is 5.02 Å². The van der Waals surface area contributed by atoms with E-state index < -0.39 is 5.97 Å². The molecule has 0 bridgehead atoms. The second kappa shape index (κ2) is 7.43. The topological polar surface area (TPSA) is 66.8 Å². The molecule has 0 spiro atoms. The lowest BCUT2D eigenvalue weighted by Crippen LogP contribution is -2.42. The third kappa shape index (κ3) is 4.72. The summed E-state index contributed by atoms with van der Waals surface area (Å²) in [6.07, 6.45) is 1.55. The summed E-state index contributed by atoms with van der Waals surface area (Å²) in [6, 6.07) is 7.32. The van der Waals surface area contributed by atoms with E-state index in [0.29, 0.717) is 37.4 Å². The Morgan fingerprint density at radius 1 is 1.29 bits per heavy atom. The maximum absolute atomic E-state index is 12.2. The number of rotatable bonds is 5. The van der Waals surface area contributed by atoms with Gasteiger partial charge < -0.3 is 14.7 Å². The van der Waals surface area contributed by atoms with Crippen LogP contribution in [0.3, 0.4) is 0 Å². The van der Waals surface area contributed by atoms with Crippen LogP contribution in [-0.4, -0.2) is 47.7 Å². The Morgan fingerprint density at radius 2 is 1.95 bits per heavy atom. The van der Waals surface area contributed by atoms with Crippen LogP contribution in [0, 0.1) is 0 Å². The van der Waals surface area contributed by atoms with Crippen molar-refractivity contribution in [2.75, 3.05) is 19.7 Å². The minimum atomic E-state index is -0.966. The van der Waals surface area contributed by atoms with Gasteiger partial charge in [-0.25, -0.2) is 4.79 Å². The molecule has 1 saturated heterocycles. The second-order valence-electron chi connectivity index (χ2n) is 5.05. The molecule has 114 valence electrons. The number of carboxylic acid groups (broad SMARTS) is 1. The first-order valence-electron chi connectivity index (χ1n) is 6.91. The lowest BCUT2D eigenvalue weighted by Gasteiger charge is -2.31. The normalized spacial score (nSPS) is 16.0. The molecule has 0 unspecified atom stereocenters. The number of ether oxygens (including phenoxy) is 1. The number of amides is 1. The van der Waals surface area contributed by atoms with Crippen molar-refractivity contribution in [3.8, 4) is 0 Å². The van der Waals surface area contributed by atoms with E-state index >= 15 is 0 Å². The minimum Gasteiger partial charge on any atom is -0.480 e. The fourth-order valence-corrected chi connectivity index (χ4v) is 2.58. The molecule has 1 aromatic rings. The molecule has 0 saturated carbocycles. The summed E-state index contributed by atoms with van der Waals surface area (Å²) >= 11 is 6.05. The molecule has 0 atom stereocenters. The number of nitrogens with zero attached hydrogens (tertiary/aromatic N) is 1. The zero-order chi connectivity index (χ0) is 15.2. The van der Waals surface area contributed by atoms with Crippen LogP contribution in [0.25, 0.3) is 0 Å². The first-order chi connectivity index (χ1) is 10.1. The smallest absolute Gasteiger partial charge is 0.329 e. The van der Waals surface area contributed by atoms with Crippen molar-refractivity contribution in [2.45, 2.75) is 25.4 Å². The maximum Gasteiger partial charge on any atom is 0.329 e. The van der Waals surface area contributed by atoms with Gasteiger partial charge in [-0.2, -0.15) is 0 Å². The summed E-state index contributed by atoms with van der Waals surface area (Å²) in [5.74, 6) is -0.924. The number of carbonyl (C=O) groups excluding carboxylic acids is 1. The second-order valence-corrected chi connectivity index (χ2v) is 5.46. The monoisotopic (exact) mass is 311 g/mol. The summed E-state index contributed by atoms with van der Waals surface area (Å²) in [4.78, 5) is 24.5. The first-order valence-corrected chi connectivity index (χ1v) is 7.28. The van der Waals surface area contributed by atoms with E-state index in [1.165, 1.54) is 0 Å². The highest BCUT2D eigenvalue weighted by molar-refractivity contribution is 6.31. The third-order valence-corrected chi connectivity index (χ3v) is 3.91. The number of likely N-dealkylation sites (tertiary alicyclic amines) is 1. The predicted octanol–water partition coefficient (Wildman–Crippen LogP) is 1.97. The molecule has 0 radical (unpaired) electrons. The number of hydrogen-bond donors (Lipinski definition) is 1. The largest absolute Gasteiger partial charge is 0.480 e. The van der Waals surface area contributed by atoms with Gasteiger partial charge in [-0.05, 0) is 24.5 Å². The first kappa shape index (κ1) is 15.8. The average molecular weight is 312 g/mol. The molecule has 1 N–H and O–H groups in total. The van der Waals surface area contributed by atoms with Gasteiger partial charge in [0.25, 0.3) is 0 Å². The summed E-state index contributed by atoms with van der Waals surface area (Å²) in [7, 11) is 0. The highest BCUT2D eigenvalue weighted by atomic mass is 35.5. The van der Waals surface area contributed by atoms with Gasteiger partial charge >= 0.3 is 5.97 Å².